The number of rotatable bonds is 7. The summed E-state index contributed by atoms with van der Waals surface area (Å²) in [5, 5.41) is 0. The van der Waals surface area contributed by atoms with Crippen LogP contribution < -0.4 is 4.74 Å². The molecule has 2 aromatic heterocycles. The summed E-state index contributed by atoms with van der Waals surface area (Å²) < 4.78 is 7.52. The molecule has 2 heterocycles. The summed E-state index contributed by atoms with van der Waals surface area (Å²) in [6.45, 7) is 2.24. The molecule has 0 aliphatic carbocycles. The van der Waals surface area contributed by atoms with Crippen LogP contribution in [0.2, 0.25) is 0 Å². The molecule has 120 valence electrons. The lowest BCUT2D eigenvalue weighted by atomic mass is 10.1. The van der Waals surface area contributed by atoms with Crippen LogP contribution in [0.3, 0.4) is 0 Å². The van der Waals surface area contributed by atoms with Crippen LogP contribution >= 0.6 is 0 Å². The highest BCUT2D eigenvalue weighted by molar-refractivity contribution is 5.83. The summed E-state index contributed by atoms with van der Waals surface area (Å²) in [5.41, 5.74) is 4.23. The van der Waals surface area contributed by atoms with E-state index >= 15 is 0 Å². The van der Waals surface area contributed by atoms with Gasteiger partial charge in [0.2, 0.25) is 0 Å². The topological polar surface area (TPSA) is 26.5 Å². The zero-order valence-electron chi connectivity index (χ0n) is 14.0. The number of nitrogens with zero attached hydrogens (tertiary/aromatic N) is 2. The van der Waals surface area contributed by atoms with Gasteiger partial charge in [0.05, 0.1) is 29.4 Å². The fourth-order valence-electron chi connectivity index (χ4n) is 2.92. The van der Waals surface area contributed by atoms with Crippen molar-refractivity contribution in [1.82, 2.24) is 9.38 Å². The number of hydrogen-bond acceptors (Lipinski definition) is 2. The first-order valence-electron chi connectivity index (χ1n) is 8.45. The van der Waals surface area contributed by atoms with Crippen molar-refractivity contribution in [3.63, 3.8) is 0 Å². The molecule has 3 rings (SSSR count). The van der Waals surface area contributed by atoms with Gasteiger partial charge in [0, 0.05) is 12.3 Å². The minimum absolute atomic E-state index is 0.839. The van der Waals surface area contributed by atoms with Gasteiger partial charge >= 0.3 is 0 Å². The van der Waals surface area contributed by atoms with Crippen LogP contribution in [0.15, 0.2) is 42.6 Å². The molecule has 0 N–H and O–H groups in total. The molecule has 0 unspecified atom stereocenters. The van der Waals surface area contributed by atoms with Crippen molar-refractivity contribution < 1.29 is 4.74 Å². The van der Waals surface area contributed by atoms with Gasteiger partial charge in [-0.25, -0.2) is 4.98 Å². The molecule has 3 aromatic rings. The van der Waals surface area contributed by atoms with E-state index < -0.39 is 0 Å². The molecule has 0 saturated carbocycles. The number of ether oxygens (including phenoxy) is 1. The minimum atomic E-state index is 0.839. The lowest BCUT2D eigenvalue weighted by molar-refractivity contribution is 0.415. The number of aromatic nitrogens is 2. The Kier molecular flexibility index (Phi) is 4.96. The second-order valence-electron chi connectivity index (χ2n) is 5.87. The zero-order valence-corrected chi connectivity index (χ0v) is 14.0. The minimum Gasteiger partial charge on any atom is -0.497 e. The van der Waals surface area contributed by atoms with E-state index in [0.29, 0.717) is 0 Å². The zero-order chi connectivity index (χ0) is 16.1. The number of fused-ring (bicyclic) bond motifs is 3. The average Bonchev–Trinajstić information content (AvgIpc) is 3.07. The molecular formula is C20H24N2O. The van der Waals surface area contributed by atoms with E-state index in [1.165, 1.54) is 25.7 Å². The van der Waals surface area contributed by atoms with Crippen LogP contribution in [-0.2, 0) is 0 Å². The van der Waals surface area contributed by atoms with Gasteiger partial charge in [0.15, 0.2) is 0 Å². The molecule has 0 fully saturated rings. The van der Waals surface area contributed by atoms with E-state index in [1.807, 2.05) is 12.1 Å². The Morgan fingerprint density at radius 3 is 2.87 bits per heavy atom. The van der Waals surface area contributed by atoms with E-state index in [9.17, 15) is 0 Å². The van der Waals surface area contributed by atoms with Gasteiger partial charge < -0.3 is 9.14 Å². The highest BCUT2D eigenvalue weighted by Gasteiger charge is 2.06. The largest absolute Gasteiger partial charge is 0.497 e. The Labute approximate surface area is 137 Å². The maximum atomic E-state index is 5.32. The number of methoxy groups -OCH3 is 1. The molecule has 0 bridgehead atoms. The molecule has 0 amide bonds. The summed E-state index contributed by atoms with van der Waals surface area (Å²) in [4.78, 5) is 4.83. The molecule has 3 heteroatoms. The molecule has 0 aliphatic heterocycles. The highest BCUT2D eigenvalue weighted by Crippen LogP contribution is 2.23. The van der Waals surface area contributed by atoms with Gasteiger partial charge in [0.1, 0.15) is 5.75 Å². The van der Waals surface area contributed by atoms with Crippen LogP contribution in [0.25, 0.3) is 22.6 Å². The first kappa shape index (κ1) is 15.6. The molecule has 3 nitrogen and oxygen atoms in total. The number of hydrogen-bond donors (Lipinski definition) is 0. The number of unbranched alkanes of at least 4 members (excludes halogenated alkanes) is 4. The first-order valence-corrected chi connectivity index (χ1v) is 8.45. The predicted octanol–water partition coefficient (Wildman–Crippen LogP) is 5.48. The summed E-state index contributed by atoms with van der Waals surface area (Å²) in [7, 11) is 1.69. The summed E-state index contributed by atoms with van der Waals surface area (Å²) in [6, 6.07) is 10.2. The molecule has 0 aliphatic rings. The Morgan fingerprint density at radius 1 is 1.13 bits per heavy atom. The van der Waals surface area contributed by atoms with Crippen molar-refractivity contribution in [2.24, 2.45) is 0 Å². The SMILES string of the molecule is CCCCCC/C=C/c1nc2cc(OC)ccc2n2cccc12. The van der Waals surface area contributed by atoms with Crippen molar-refractivity contribution in [2.45, 2.75) is 39.0 Å². The third-order valence-electron chi connectivity index (χ3n) is 4.19. The Morgan fingerprint density at radius 2 is 2.04 bits per heavy atom. The Bertz CT molecular complexity index is 817. The summed E-state index contributed by atoms with van der Waals surface area (Å²) in [5.74, 6) is 0.839. The standard InChI is InChI=1S/C20H24N2O/c1-3-4-5-6-7-8-10-17-19-11-9-14-22(19)20-13-12-16(23-2)15-18(20)21-17/h8-15H,3-7H2,1-2H3/b10-8+. The summed E-state index contributed by atoms with van der Waals surface area (Å²) >= 11 is 0. The Hall–Kier alpha value is -2.29. The van der Waals surface area contributed by atoms with Gasteiger partial charge in [-0.1, -0.05) is 32.3 Å². The van der Waals surface area contributed by atoms with Crippen molar-refractivity contribution in [3.8, 4) is 5.75 Å². The van der Waals surface area contributed by atoms with E-state index in [-0.39, 0.29) is 0 Å². The maximum Gasteiger partial charge on any atom is 0.121 e. The van der Waals surface area contributed by atoms with Crippen LogP contribution in [-0.4, -0.2) is 16.5 Å². The van der Waals surface area contributed by atoms with Crippen molar-refractivity contribution >= 4 is 22.6 Å². The fraction of sp³-hybridized carbons (Fsp3) is 0.350. The van der Waals surface area contributed by atoms with Crippen LogP contribution in [0.5, 0.6) is 5.75 Å². The predicted molar refractivity (Wildman–Crippen MR) is 97.0 cm³/mol. The molecule has 0 atom stereocenters. The van der Waals surface area contributed by atoms with E-state index in [0.717, 1.165) is 34.4 Å². The van der Waals surface area contributed by atoms with Gasteiger partial charge in [-0.3, -0.25) is 0 Å². The third kappa shape index (κ3) is 3.39. The molecular weight excluding hydrogens is 284 g/mol. The van der Waals surface area contributed by atoms with E-state index in [2.05, 4.69) is 47.9 Å². The number of benzene rings is 1. The number of allylic oxidation sites excluding steroid dienone is 1. The van der Waals surface area contributed by atoms with E-state index in [4.69, 9.17) is 9.72 Å². The first-order chi connectivity index (χ1) is 11.3. The lowest BCUT2D eigenvalue weighted by Gasteiger charge is -2.07. The molecule has 0 spiro atoms. The molecule has 23 heavy (non-hydrogen) atoms. The fourth-order valence-corrected chi connectivity index (χ4v) is 2.92. The second kappa shape index (κ2) is 7.32. The van der Waals surface area contributed by atoms with Crippen LogP contribution in [0.4, 0.5) is 0 Å². The third-order valence-corrected chi connectivity index (χ3v) is 4.19. The van der Waals surface area contributed by atoms with Crippen LogP contribution in [0, 0.1) is 0 Å². The molecule has 0 radical (unpaired) electrons. The second-order valence-corrected chi connectivity index (χ2v) is 5.87. The Balaban J connectivity index is 1.91. The monoisotopic (exact) mass is 308 g/mol. The van der Waals surface area contributed by atoms with Gasteiger partial charge in [-0.15, -0.1) is 0 Å². The highest BCUT2D eigenvalue weighted by atomic mass is 16.5. The van der Waals surface area contributed by atoms with Gasteiger partial charge in [-0.2, -0.15) is 0 Å². The smallest absolute Gasteiger partial charge is 0.121 e. The average molecular weight is 308 g/mol. The quantitative estimate of drug-likeness (QED) is 0.540. The normalized spacial score (nSPS) is 11.7. The summed E-state index contributed by atoms with van der Waals surface area (Å²) in [6.07, 6.45) is 12.8. The van der Waals surface area contributed by atoms with Gasteiger partial charge in [-0.05, 0) is 43.2 Å². The van der Waals surface area contributed by atoms with Crippen molar-refractivity contribution in [2.75, 3.05) is 7.11 Å². The molecule has 1 aromatic carbocycles. The van der Waals surface area contributed by atoms with E-state index in [1.54, 1.807) is 7.11 Å². The van der Waals surface area contributed by atoms with Crippen LogP contribution in [0.1, 0.15) is 44.7 Å². The molecule has 0 saturated heterocycles. The maximum absolute atomic E-state index is 5.32. The van der Waals surface area contributed by atoms with Gasteiger partial charge in [0.25, 0.3) is 0 Å². The lowest BCUT2D eigenvalue weighted by Crippen LogP contribution is -1.94. The van der Waals surface area contributed by atoms with Crippen molar-refractivity contribution in [1.29, 1.82) is 0 Å². The van der Waals surface area contributed by atoms with Crippen molar-refractivity contribution in [3.05, 3.63) is 48.3 Å².